The summed E-state index contributed by atoms with van der Waals surface area (Å²) in [6.45, 7) is 3.72. The molecule has 1 N–H and O–H groups in total. The largest absolute Gasteiger partial charge is 0.360 e. The predicted molar refractivity (Wildman–Crippen MR) is 37.7 cm³/mol. The molecule has 54 valence electrons. The Labute approximate surface area is 60.3 Å². The van der Waals surface area contributed by atoms with E-state index in [1.165, 1.54) is 0 Å². The molecular weight excluding hydrogens is 138 g/mol. The molecule has 0 radical (unpaired) electrons. The van der Waals surface area contributed by atoms with Gasteiger partial charge in [0.25, 0.3) is 0 Å². The summed E-state index contributed by atoms with van der Waals surface area (Å²) in [6, 6.07) is 0. The first-order chi connectivity index (χ1) is 4.22. The van der Waals surface area contributed by atoms with Crippen LogP contribution < -0.4 is 4.89 Å². The van der Waals surface area contributed by atoms with Gasteiger partial charge in [0.05, 0.1) is 5.92 Å². The van der Waals surface area contributed by atoms with Crippen LogP contribution in [0.15, 0.2) is 0 Å². The molecule has 0 saturated carbocycles. The minimum atomic E-state index is -0.271. The van der Waals surface area contributed by atoms with Gasteiger partial charge in [-0.1, -0.05) is 31.5 Å². The maximum atomic E-state index is 10.6. The van der Waals surface area contributed by atoms with E-state index in [2.05, 4.69) is 17.7 Å². The zero-order chi connectivity index (χ0) is 7.28. The Morgan fingerprint density at radius 3 is 2.78 bits per heavy atom. The van der Waals surface area contributed by atoms with Crippen molar-refractivity contribution >= 4 is 18.8 Å². The summed E-state index contributed by atoms with van der Waals surface area (Å²) in [7, 11) is 0. The van der Waals surface area contributed by atoms with Crippen LogP contribution in [0.25, 0.3) is 0 Å². The van der Waals surface area contributed by atoms with Crippen LogP contribution in [0.5, 0.6) is 0 Å². The Kier molecular flexibility index (Phi) is 4.53. The van der Waals surface area contributed by atoms with E-state index in [1.807, 2.05) is 11.8 Å². The predicted octanol–water partition coefficient (Wildman–Crippen LogP) is 0.925. The van der Waals surface area contributed by atoms with Crippen LogP contribution in [0.3, 0.4) is 0 Å². The van der Waals surface area contributed by atoms with E-state index in [0.717, 1.165) is 6.42 Å². The van der Waals surface area contributed by atoms with Crippen LogP contribution in [-0.2, 0) is 9.63 Å². The Morgan fingerprint density at radius 1 is 1.89 bits per heavy atom. The zero-order valence-corrected chi connectivity index (χ0v) is 6.44. The number of nitrogens with one attached hydrogen (secondary N) is 1. The molecular formula is C5H11NO2S. The molecule has 1 unspecified atom stereocenters. The molecule has 0 aliphatic carbocycles. The van der Waals surface area contributed by atoms with Crippen molar-refractivity contribution in [3.05, 3.63) is 0 Å². The van der Waals surface area contributed by atoms with E-state index in [4.69, 9.17) is 0 Å². The second kappa shape index (κ2) is 4.64. The average molecular weight is 149 g/mol. The van der Waals surface area contributed by atoms with Crippen molar-refractivity contribution in [1.82, 2.24) is 4.89 Å². The highest BCUT2D eigenvalue weighted by atomic mass is 32.1. The van der Waals surface area contributed by atoms with Gasteiger partial charge in [-0.05, 0) is 6.42 Å². The van der Waals surface area contributed by atoms with Gasteiger partial charge in [-0.2, -0.15) is 0 Å². The van der Waals surface area contributed by atoms with Gasteiger partial charge < -0.3 is 4.84 Å². The summed E-state index contributed by atoms with van der Waals surface area (Å²) in [5.41, 5.74) is 0. The quantitative estimate of drug-likeness (QED) is 0.463. The zero-order valence-electron chi connectivity index (χ0n) is 5.55. The fourth-order valence-electron chi connectivity index (χ4n) is 0.312. The fraction of sp³-hybridized carbons (Fsp3) is 0.800. The van der Waals surface area contributed by atoms with Crippen LogP contribution in [0, 0.1) is 5.92 Å². The molecule has 3 nitrogen and oxygen atoms in total. The molecule has 4 heteroatoms. The monoisotopic (exact) mass is 149 g/mol. The SMILES string of the molecule is CCC(C)C(=O)ONS. The summed E-state index contributed by atoms with van der Waals surface area (Å²) in [5, 5.41) is 0. The Hall–Kier alpha value is -0.220. The summed E-state index contributed by atoms with van der Waals surface area (Å²) in [5.74, 6) is -0.322. The van der Waals surface area contributed by atoms with Crippen LogP contribution in [0.2, 0.25) is 0 Å². The number of rotatable bonds is 3. The Balaban J connectivity index is 3.46. The fourth-order valence-corrected chi connectivity index (χ4v) is 0.402. The Morgan fingerprint density at radius 2 is 2.44 bits per heavy atom. The minimum Gasteiger partial charge on any atom is -0.360 e. The van der Waals surface area contributed by atoms with Crippen molar-refractivity contribution in [2.24, 2.45) is 5.92 Å². The lowest BCUT2D eigenvalue weighted by molar-refractivity contribution is -0.151. The lowest BCUT2D eigenvalue weighted by Crippen LogP contribution is -2.17. The van der Waals surface area contributed by atoms with Gasteiger partial charge in [-0.25, -0.2) is 0 Å². The third-order valence-electron chi connectivity index (χ3n) is 1.16. The summed E-state index contributed by atoms with van der Waals surface area (Å²) < 4.78 is 0. The molecule has 0 fully saturated rings. The summed E-state index contributed by atoms with van der Waals surface area (Å²) >= 11 is 3.50. The van der Waals surface area contributed by atoms with E-state index in [1.54, 1.807) is 6.92 Å². The third-order valence-corrected chi connectivity index (χ3v) is 1.25. The van der Waals surface area contributed by atoms with Crippen molar-refractivity contribution in [2.75, 3.05) is 0 Å². The van der Waals surface area contributed by atoms with E-state index in [9.17, 15) is 4.79 Å². The number of thiol groups is 1. The molecule has 0 aromatic heterocycles. The molecule has 0 spiro atoms. The van der Waals surface area contributed by atoms with Crippen LogP contribution in [0.1, 0.15) is 20.3 Å². The summed E-state index contributed by atoms with van der Waals surface area (Å²) in [6.07, 6.45) is 0.786. The van der Waals surface area contributed by atoms with E-state index in [-0.39, 0.29) is 11.9 Å². The van der Waals surface area contributed by atoms with Gasteiger partial charge >= 0.3 is 5.97 Å². The van der Waals surface area contributed by atoms with Gasteiger partial charge in [-0.3, -0.25) is 4.79 Å². The van der Waals surface area contributed by atoms with Gasteiger partial charge in [0.1, 0.15) is 0 Å². The second-order valence-electron chi connectivity index (χ2n) is 1.82. The van der Waals surface area contributed by atoms with E-state index >= 15 is 0 Å². The van der Waals surface area contributed by atoms with Crippen LogP contribution >= 0.6 is 12.8 Å². The van der Waals surface area contributed by atoms with Gasteiger partial charge in [0, 0.05) is 0 Å². The van der Waals surface area contributed by atoms with Crippen molar-refractivity contribution in [3.63, 3.8) is 0 Å². The van der Waals surface area contributed by atoms with Crippen molar-refractivity contribution < 1.29 is 9.63 Å². The number of hydrogen-bond donors (Lipinski definition) is 2. The van der Waals surface area contributed by atoms with E-state index < -0.39 is 0 Å². The molecule has 0 rings (SSSR count). The third kappa shape index (κ3) is 3.37. The molecule has 0 amide bonds. The second-order valence-corrected chi connectivity index (χ2v) is 2.00. The van der Waals surface area contributed by atoms with Gasteiger partial charge in [0.15, 0.2) is 0 Å². The normalized spacial score (nSPS) is 12.8. The number of hydrogen-bond acceptors (Lipinski definition) is 4. The molecule has 0 aromatic carbocycles. The van der Waals surface area contributed by atoms with Crippen LogP contribution in [0.4, 0.5) is 0 Å². The minimum absolute atomic E-state index is 0.0513. The first-order valence-corrected chi connectivity index (χ1v) is 3.26. The molecule has 0 heterocycles. The smallest absolute Gasteiger partial charge is 0.328 e. The highest BCUT2D eigenvalue weighted by molar-refractivity contribution is 7.77. The molecule has 0 saturated heterocycles. The highest BCUT2D eigenvalue weighted by Crippen LogP contribution is 2.01. The molecule has 1 atom stereocenters. The number of carbonyl (C=O) groups is 1. The van der Waals surface area contributed by atoms with Crippen LogP contribution in [-0.4, -0.2) is 5.97 Å². The molecule has 0 aliphatic rings. The topological polar surface area (TPSA) is 38.3 Å². The first-order valence-electron chi connectivity index (χ1n) is 2.82. The highest BCUT2D eigenvalue weighted by Gasteiger charge is 2.10. The van der Waals surface area contributed by atoms with Crippen molar-refractivity contribution in [1.29, 1.82) is 0 Å². The first kappa shape index (κ1) is 8.78. The Bertz CT molecular complexity index is 97.0. The maximum Gasteiger partial charge on any atom is 0.328 e. The van der Waals surface area contributed by atoms with Crippen molar-refractivity contribution in [3.8, 4) is 0 Å². The number of carbonyl (C=O) groups excluding carboxylic acids is 1. The lowest BCUT2D eigenvalue weighted by atomic mass is 10.1. The van der Waals surface area contributed by atoms with Crippen molar-refractivity contribution in [2.45, 2.75) is 20.3 Å². The van der Waals surface area contributed by atoms with Gasteiger partial charge in [-0.15, -0.1) is 0 Å². The van der Waals surface area contributed by atoms with Gasteiger partial charge in [0.2, 0.25) is 0 Å². The molecule has 0 aliphatic heterocycles. The average Bonchev–Trinajstić information content (AvgIpc) is 1.87. The summed E-state index contributed by atoms with van der Waals surface area (Å²) in [4.78, 5) is 17.0. The standard InChI is InChI=1S/C5H11NO2S/c1-3-4(2)5(7)8-6-9/h4,6,9H,3H2,1-2H3. The lowest BCUT2D eigenvalue weighted by Gasteiger charge is -2.04. The maximum absolute atomic E-state index is 10.6. The molecule has 0 bridgehead atoms. The van der Waals surface area contributed by atoms with E-state index in [0.29, 0.717) is 0 Å². The molecule has 0 aromatic rings. The molecule has 9 heavy (non-hydrogen) atoms.